The molecule has 38 heavy (non-hydrogen) atoms. The number of hydrogen-bond donors (Lipinski definition) is 1. The van der Waals surface area contributed by atoms with Gasteiger partial charge in [0.05, 0.1) is 12.7 Å². The molecule has 5 aromatic carbocycles. The van der Waals surface area contributed by atoms with Crippen molar-refractivity contribution in [3.63, 3.8) is 0 Å². The van der Waals surface area contributed by atoms with E-state index in [2.05, 4.69) is 78.7 Å². The normalized spacial score (nSPS) is 11.1. The fraction of sp³-hybridized carbons (Fsp3) is 0.286. The zero-order valence-electron chi connectivity index (χ0n) is 22.4. The van der Waals surface area contributed by atoms with Crippen molar-refractivity contribution in [2.24, 2.45) is 0 Å². The van der Waals surface area contributed by atoms with E-state index in [1.165, 1.54) is 72.6 Å². The van der Waals surface area contributed by atoms with Crippen LogP contribution in [0.3, 0.4) is 0 Å². The summed E-state index contributed by atoms with van der Waals surface area (Å²) in [6.45, 7) is 3.12. The van der Waals surface area contributed by atoms with Gasteiger partial charge in [-0.2, -0.15) is 0 Å². The maximum atomic E-state index is 12.4. The molecule has 0 bridgehead atoms. The Labute approximate surface area is 225 Å². The van der Waals surface area contributed by atoms with Gasteiger partial charge in [0, 0.05) is 23.4 Å². The number of ether oxygens (including phenoxy) is 1. The van der Waals surface area contributed by atoms with Gasteiger partial charge in [-0.25, -0.2) is 4.79 Å². The molecule has 0 atom stereocenters. The van der Waals surface area contributed by atoms with Crippen LogP contribution in [0.25, 0.3) is 32.3 Å². The molecule has 3 heteroatoms. The summed E-state index contributed by atoms with van der Waals surface area (Å²) in [5, 5.41) is 10.9. The van der Waals surface area contributed by atoms with Crippen molar-refractivity contribution < 1.29 is 9.53 Å². The Hall–Kier alpha value is -4.03. The first-order valence-electron chi connectivity index (χ1n) is 13.8. The predicted octanol–water partition coefficient (Wildman–Crippen LogP) is 8.93. The van der Waals surface area contributed by atoms with E-state index in [0.717, 1.165) is 35.2 Å². The van der Waals surface area contributed by atoms with Crippen LogP contribution in [-0.4, -0.2) is 19.6 Å². The summed E-state index contributed by atoms with van der Waals surface area (Å²) < 4.78 is 5.01. The molecule has 0 aliphatic rings. The van der Waals surface area contributed by atoms with Crippen molar-refractivity contribution in [2.45, 2.75) is 51.9 Å². The number of methoxy groups -OCH3 is 1. The number of rotatable bonds is 10. The van der Waals surface area contributed by atoms with Crippen LogP contribution in [0.5, 0.6) is 0 Å². The second-order valence-corrected chi connectivity index (χ2v) is 10.1. The second kappa shape index (κ2) is 12.0. The fourth-order valence-corrected chi connectivity index (χ4v) is 5.34. The third kappa shape index (κ3) is 5.60. The lowest BCUT2D eigenvalue weighted by Gasteiger charge is -2.11. The Morgan fingerprint density at radius 3 is 2.21 bits per heavy atom. The number of unbranched alkanes of at least 4 members (excludes halogenated alkanes) is 6. The first kappa shape index (κ1) is 25.6. The number of carbonyl (C=O) groups is 1. The maximum Gasteiger partial charge on any atom is 0.337 e. The van der Waals surface area contributed by atoms with Gasteiger partial charge in [0.1, 0.15) is 0 Å². The highest BCUT2D eigenvalue weighted by molar-refractivity contribution is 6.23. The van der Waals surface area contributed by atoms with Crippen LogP contribution >= 0.6 is 0 Å². The number of carbonyl (C=O) groups excluding carboxylic acids is 1. The summed E-state index contributed by atoms with van der Waals surface area (Å²) in [6.07, 6.45) is 8.86. The molecule has 1 N–H and O–H groups in total. The molecule has 0 saturated heterocycles. The number of anilines is 1. The van der Waals surface area contributed by atoms with Gasteiger partial charge >= 0.3 is 5.97 Å². The van der Waals surface area contributed by atoms with Crippen molar-refractivity contribution >= 4 is 44.0 Å². The molecule has 0 radical (unpaired) electrons. The Balaban J connectivity index is 1.40. The molecule has 3 nitrogen and oxygen atoms in total. The van der Waals surface area contributed by atoms with Crippen LogP contribution < -0.4 is 5.32 Å². The topological polar surface area (TPSA) is 38.3 Å². The first-order valence-corrected chi connectivity index (χ1v) is 13.8. The number of hydrogen-bond acceptors (Lipinski definition) is 3. The Kier molecular flexibility index (Phi) is 8.09. The summed E-state index contributed by atoms with van der Waals surface area (Å²) in [6, 6.07) is 25.1. The SMILES string of the molecule is CCCCCCCCCNc1cc(C#Cc2ccc3ccc4cccc5ccc2c3c45)cc(C(=O)OC)c1. The average Bonchev–Trinajstić information content (AvgIpc) is 2.96. The van der Waals surface area contributed by atoms with Crippen molar-refractivity contribution in [2.75, 3.05) is 19.0 Å². The largest absolute Gasteiger partial charge is 0.465 e. The van der Waals surface area contributed by atoms with E-state index in [9.17, 15) is 4.79 Å². The van der Waals surface area contributed by atoms with E-state index in [1.807, 2.05) is 18.2 Å². The van der Waals surface area contributed by atoms with Crippen LogP contribution in [-0.2, 0) is 4.74 Å². The molecular weight excluding hydrogens is 466 g/mol. The molecule has 0 spiro atoms. The summed E-state index contributed by atoms with van der Waals surface area (Å²) >= 11 is 0. The molecule has 0 aliphatic carbocycles. The average molecular weight is 502 g/mol. The van der Waals surface area contributed by atoms with E-state index in [-0.39, 0.29) is 5.97 Å². The van der Waals surface area contributed by atoms with Gasteiger partial charge in [0.2, 0.25) is 0 Å². The third-order valence-corrected chi connectivity index (χ3v) is 7.33. The van der Waals surface area contributed by atoms with Crippen LogP contribution in [0.1, 0.15) is 73.4 Å². The lowest BCUT2D eigenvalue weighted by molar-refractivity contribution is 0.0600. The van der Waals surface area contributed by atoms with E-state index < -0.39 is 0 Å². The summed E-state index contributed by atoms with van der Waals surface area (Å²) in [4.78, 5) is 12.4. The van der Waals surface area contributed by atoms with Gasteiger partial charge in [-0.3, -0.25) is 0 Å². The number of nitrogens with one attached hydrogen (secondary N) is 1. The third-order valence-electron chi connectivity index (χ3n) is 7.33. The lowest BCUT2D eigenvalue weighted by Crippen LogP contribution is -2.06. The van der Waals surface area contributed by atoms with Gasteiger partial charge in [0.15, 0.2) is 0 Å². The Morgan fingerprint density at radius 2 is 1.45 bits per heavy atom. The predicted molar refractivity (Wildman–Crippen MR) is 160 cm³/mol. The van der Waals surface area contributed by atoms with Crippen LogP contribution in [0.2, 0.25) is 0 Å². The molecule has 5 rings (SSSR count). The number of benzene rings is 5. The molecule has 0 fully saturated rings. The van der Waals surface area contributed by atoms with Crippen molar-refractivity contribution in [1.29, 1.82) is 0 Å². The van der Waals surface area contributed by atoms with Crippen molar-refractivity contribution in [3.8, 4) is 11.8 Å². The fourth-order valence-electron chi connectivity index (χ4n) is 5.34. The highest BCUT2D eigenvalue weighted by Crippen LogP contribution is 2.35. The summed E-state index contributed by atoms with van der Waals surface area (Å²) in [7, 11) is 1.41. The van der Waals surface area contributed by atoms with Gasteiger partial charge < -0.3 is 10.1 Å². The quantitative estimate of drug-likeness (QED) is 0.0898. The molecule has 5 aromatic rings. The molecule has 192 valence electrons. The second-order valence-electron chi connectivity index (χ2n) is 10.1. The molecule has 0 heterocycles. The molecule has 0 aromatic heterocycles. The van der Waals surface area contributed by atoms with Crippen molar-refractivity contribution in [1.82, 2.24) is 0 Å². The summed E-state index contributed by atoms with van der Waals surface area (Å²) in [5.41, 5.74) is 3.19. The van der Waals surface area contributed by atoms with E-state index in [1.54, 1.807) is 0 Å². The van der Waals surface area contributed by atoms with E-state index >= 15 is 0 Å². The van der Waals surface area contributed by atoms with Crippen molar-refractivity contribution in [3.05, 3.63) is 89.5 Å². The lowest BCUT2D eigenvalue weighted by atomic mass is 9.92. The first-order chi connectivity index (χ1) is 18.7. The van der Waals surface area contributed by atoms with Gasteiger partial charge in [-0.05, 0) is 63.0 Å². The standard InChI is InChI=1S/C35H35NO2/c1-3-4-5-6-7-8-9-21-36-31-23-25(22-30(24-31)35(37)38-2)13-14-26-15-16-29-18-17-27-11-10-12-28-19-20-32(26)34(29)33(27)28/h10-12,15-20,22-24,36H,3-9,21H2,1-2H3. The minimum Gasteiger partial charge on any atom is -0.465 e. The Bertz CT molecular complexity index is 1610. The molecule has 0 aliphatic heterocycles. The number of esters is 1. The molecular formula is C35H35NO2. The van der Waals surface area contributed by atoms with Gasteiger partial charge in [0.25, 0.3) is 0 Å². The minimum atomic E-state index is -0.352. The van der Waals surface area contributed by atoms with E-state index in [4.69, 9.17) is 4.74 Å². The van der Waals surface area contributed by atoms with Gasteiger partial charge in [-0.15, -0.1) is 0 Å². The zero-order valence-corrected chi connectivity index (χ0v) is 22.4. The van der Waals surface area contributed by atoms with E-state index in [0.29, 0.717) is 5.56 Å². The molecule has 0 amide bonds. The molecule has 0 saturated carbocycles. The molecule has 0 unspecified atom stereocenters. The minimum absolute atomic E-state index is 0.352. The highest BCUT2D eigenvalue weighted by atomic mass is 16.5. The van der Waals surface area contributed by atoms with Crippen LogP contribution in [0.15, 0.2) is 72.8 Å². The monoisotopic (exact) mass is 501 g/mol. The maximum absolute atomic E-state index is 12.4. The smallest absolute Gasteiger partial charge is 0.337 e. The Morgan fingerprint density at radius 1 is 0.763 bits per heavy atom. The summed E-state index contributed by atoms with van der Waals surface area (Å²) in [5.74, 6) is 6.37. The van der Waals surface area contributed by atoms with Crippen LogP contribution in [0, 0.1) is 11.8 Å². The highest BCUT2D eigenvalue weighted by Gasteiger charge is 2.11. The van der Waals surface area contributed by atoms with Crippen LogP contribution in [0.4, 0.5) is 5.69 Å². The van der Waals surface area contributed by atoms with Gasteiger partial charge in [-0.1, -0.05) is 106 Å². The zero-order chi connectivity index (χ0) is 26.3.